The minimum atomic E-state index is -0.506. The molecule has 4 rings (SSSR count). The zero-order chi connectivity index (χ0) is 22.9. The van der Waals surface area contributed by atoms with Crippen molar-refractivity contribution in [2.75, 3.05) is 13.2 Å². The number of aromatic nitrogens is 2. The Bertz CT molecular complexity index is 1190. The van der Waals surface area contributed by atoms with Gasteiger partial charge in [-0.1, -0.05) is 42.5 Å². The molecule has 0 aliphatic heterocycles. The lowest BCUT2D eigenvalue weighted by Crippen LogP contribution is -2.25. The molecule has 0 aliphatic rings. The van der Waals surface area contributed by atoms with E-state index in [0.717, 1.165) is 54.8 Å². The van der Waals surface area contributed by atoms with Crippen LogP contribution in [-0.2, 0) is 13.0 Å². The van der Waals surface area contributed by atoms with Crippen LogP contribution in [0.25, 0.3) is 11.0 Å². The maximum absolute atomic E-state index is 13.8. The van der Waals surface area contributed by atoms with Gasteiger partial charge in [-0.15, -0.1) is 0 Å². The number of rotatable bonds is 11. The van der Waals surface area contributed by atoms with E-state index in [9.17, 15) is 9.18 Å². The lowest BCUT2D eigenvalue weighted by atomic mass is 10.2. The summed E-state index contributed by atoms with van der Waals surface area (Å²) in [5, 5.41) is 2.81. The SMILES string of the molecule is O=C(NCCCc1nc2ccccc2n1CCCCOc1ccccc1)c1ccccc1F. The fourth-order valence-corrected chi connectivity index (χ4v) is 3.83. The van der Waals surface area contributed by atoms with Crippen LogP contribution in [-0.4, -0.2) is 28.6 Å². The van der Waals surface area contributed by atoms with Gasteiger partial charge in [-0.25, -0.2) is 9.37 Å². The molecule has 4 aromatic rings. The van der Waals surface area contributed by atoms with Crippen LogP contribution in [0.1, 0.15) is 35.4 Å². The third kappa shape index (κ3) is 5.98. The molecule has 0 aliphatic carbocycles. The molecule has 6 heteroatoms. The Morgan fingerprint density at radius 3 is 2.52 bits per heavy atom. The minimum absolute atomic E-state index is 0.0717. The van der Waals surface area contributed by atoms with Crippen molar-refractivity contribution in [3.8, 4) is 5.75 Å². The van der Waals surface area contributed by atoms with E-state index in [1.54, 1.807) is 12.1 Å². The molecule has 5 nitrogen and oxygen atoms in total. The Hall–Kier alpha value is -3.67. The van der Waals surface area contributed by atoms with Crippen LogP contribution in [0.5, 0.6) is 5.75 Å². The number of carbonyl (C=O) groups excluding carboxylic acids is 1. The predicted octanol–water partition coefficient (Wildman–Crippen LogP) is 5.40. The lowest BCUT2D eigenvalue weighted by Gasteiger charge is -2.11. The molecular weight excluding hydrogens is 417 g/mol. The van der Waals surface area contributed by atoms with E-state index >= 15 is 0 Å². The van der Waals surface area contributed by atoms with E-state index in [2.05, 4.69) is 16.0 Å². The number of fused-ring (bicyclic) bond motifs is 1. The van der Waals surface area contributed by atoms with E-state index in [0.29, 0.717) is 13.2 Å². The number of amides is 1. The molecule has 0 saturated heterocycles. The number of imidazole rings is 1. The van der Waals surface area contributed by atoms with Gasteiger partial charge < -0.3 is 14.6 Å². The van der Waals surface area contributed by atoms with Crippen LogP contribution >= 0.6 is 0 Å². The monoisotopic (exact) mass is 445 g/mol. The van der Waals surface area contributed by atoms with Gasteiger partial charge in [-0.3, -0.25) is 4.79 Å². The highest BCUT2D eigenvalue weighted by atomic mass is 19.1. The Morgan fingerprint density at radius 1 is 0.909 bits per heavy atom. The maximum atomic E-state index is 13.8. The molecular formula is C27H28FN3O2. The van der Waals surface area contributed by atoms with Crippen LogP contribution in [0, 0.1) is 5.82 Å². The van der Waals surface area contributed by atoms with Gasteiger partial charge >= 0.3 is 0 Å². The third-order valence-corrected chi connectivity index (χ3v) is 5.50. The fourth-order valence-electron chi connectivity index (χ4n) is 3.83. The second-order valence-electron chi connectivity index (χ2n) is 7.88. The van der Waals surface area contributed by atoms with Crippen molar-refractivity contribution in [2.24, 2.45) is 0 Å². The van der Waals surface area contributed by atoms with E-state index in [4.69, 9.17) is 9.72 Å². The van der Waals surface area contributed by atoms with Crippen LogP contribution < -0.4 is 10.1 Å². The molecule has 0 spiro atoms. The highest BCUT2D eigenvalue weighted by Crippen LogP contribution is 2.18. The first-order valence-electron chi connectivity index (χ1n) is 11.4. The number of nitrogens with one attached hydrogen (secondary N) is 1. The highest BCUT2D eigenvalue weighted by Gasteiger charge is 2.12. The Morgan fingerprint density at radius 2 is 1.67 bits per heavy atom. The number of ether oxygens (including phenoxy) is 1. The van der Waals surface area contributed by atoms with Gasteiger partial charge in [0.05, 0.1) is 23.2 Å². The molecule has 0 unspecified atom stereocenters. The maximum Gasteiger partial charge on any atom is 0.254 e. The van der Waals surface area contributed by atoms with E-state index in [1.807, 2.05) is 48.5 Å². The molecule has 1 N–H and O–H groups in total. The standard InChI is InChI=1S/C27H28FN3O2/c28-23-14-5-4-13-22(23)27(32)29-18-10-17-26-30-24-15-6-7-16-25(24)31(26)19-8-9-20-33-21-11-2-1-3-12-21/h1-7,11-16H,8-10,17-20H2,(H,29,32). The summed E-state index contributed by atoms with van der Waals surface area (Å²) in [6.45, 7) is 1.99. The van der Waals surface area contributed by atoms with Crippen molar-refractivity contribution in [2.45, 2.75) is 32.2 Å². The van der Waals surface area contributed by atoms with Crippen molar-refractivity contribution >= 4 is 16.9 Å². The molecule has 0 bridgehead atoms. The summed E-state index contributed by atoms with van der Waals surface area (Å²) in [6.07, 6.45) is 3.37. The summed E-state index contributed by atoms with van der Waals surface area (Å²) in [5.74, 6) is 0.997. The van der Waals surface area contributed by atoms with Crippen LogP contribution in [0.15, 0.2) is 78.9 Å². The molecule has 0 saturated carbocycles. The zero-order valence-electron chi connectivity index (χ0n) is 18.5. The topological polar surface area (TPSA) is 56.2 Å². The van der Waals surface area contributed by atoms with Crippen LogP contribution in [0.3, 0.4) is 0 Å². The number of benzene rings is 3. The fraction of sp³-hybridized carbons (Fsp3) is 0.259. The Balaban J connectivity index is 1.30. The molecule has 1 amide bonds. The largest absolute Gasteiger partial charge is 0.494 e. The van der Waals surface area contributed by atoms with Gasteiger partial charge in [-0.2, -0.15) is 0 Å². The van der Waals surface area contributed by atoms with Gasteiger partial charge in [0.25, 0.3) is 5.91 Å². The van der Waals surface area contributed by atoms with Crippen molar-refractivity contribution in [3.63, 3.8) is 0 Å². The second-order valence-corrected chi connectivity index (χ2v) is 7.88. The van der Waals surface area contributed by atoms with Crippen molar-refractivity contribution < 1.29 is 13.9 Å². The van der Waals surface area contributed by atoms with Gasteiger partial charge in [-0.05, 0) is 55.7 Å². The van der Waals surface area contributed by atoms with Gasteiger partial charge in [0.15, 0.2) is 0 Å². The number of para-hydroxylation sites is 3. The summed E-state index contributed by atoms with van der Waals surface area (Å²) in [5.41, 5.74) is 2.16. The Labute approximate surface area is 193 Å². The van der Waals surface area contributed by atoms with E-state index in [1.165, 1.54) is 12.1 Å². The van der Waals surface area contributed by atoms with Crippen molar-refractivity contribution in [1.29, 1.82) is 0 Å². The summed E-state index contributed by atoms with van der Waals surface area (Å²) in [6, 6.07) is 24.0. The van der Waals surface area contributed by atoms with E-state index in [-0.39, 0.29) is 11.5 Å². The molecule has 0 radical (unpaired) electrons. The normalized spacial score (nSPS) is 10.9. The summed E-state index contributed by atoms with van der Waals surface area (Å²) < 4.78 is 21.8. The predicted molar refractivity (Wildman–Crippen MR) is 128 cm³/mol. The van der Waals surface area contributed by atoms with Gasteiger partial charge in [0.2, 0.25) is 0 Å². The molecule has 0 fully saturated rings. The van der Waals surface area contributed by atoms with Crippen molar-refractivity contribution in [1.82, 2.24) is 14.9 Å². The smallest absolute Gasteiger partial charge is 0.254 e. The number of halogens is 1. The number of carbonyl (C=O) groups is 1. The van der Waals surface area contributed by atoms with E-state index < -0.39 is 5.82 Å². The number of hydrogen-bond acceptors (Lipinski definition) is 3. The average Bonchev–Trinajstić information content (AvgIpc) is 3.20. The molecule has 170 valence electrons. The number of hydrogen-bond donors (Lipinski definition) is 1. The second kappa shape index (κ2) is 11.3. The quantitative estimate of drug-likeness (QED) is 0.315. The number of aryl methyl sites for hydroxylation is 2. The lowest BCUT2D eigenvalue weighted by molar-refractivity contribution is 0.0949. The molecule has 1 aromatic heterocycles. The summed E-state index contributed by atoms with van der Waals surface area (Å²) in [4.78, 5) is 17.0. The molecule has 3 aromatic carbocycles. The molecule has 0 atom stereocenters. The number of nitrogens with zero attached hydrogens (tertiary/aromatic N) is 2. The van der Waals surface area contributed by atoms with Gasteiger partial charge in [0.1, 0.15) is 17.4 Å². The zero-order valence-corrected chi connectivity index (χ0v) is 18.5. The molecule has 1 heterocycles. The average molecular weight is 446 g/mol. The minimum Gasteiger partial charge on any atom is -0.494 e. The first-order valence-corrected chi connectivity index (χ1v) is 11.4. The third-order valence-electron chi connectivity index (χ3n) is 5.50. The Kier molecular flexibility index (Phi) is 7.69. The molecule has 33 heavy (non-hydrogen) atoms. The summed E-state index contributed by atoms with van der Waals surface area (Å²) >= 11 is 0. The summed E-state index contributed by atoms with van der Waals surface area (Å²) in [7, 11) is 0. The van der Waals surface area contributed by atoms with Crippen molar-refractivity contribution in [3.05, 3.63) is 96.1 Å². The van der Waals surface area contributed by atoms with Crippen LogP contribution in [0.2, 0.25) is 0 Å². The number of unbranched alkanes of at least 4 members (excludes halogenated alkanes) is 1. The first kappa shape index (κ1) is 22.5. The highest BCUT2D eigenvalue weighted by molar-refractivity contribution is 5.94. The van der Waals surface area contributed by atoms with Crippen LogP contribution in [0.4, 0.5) is 4.39 Å². The first-order chi connectivity index (χ1) is 16.2. The van der Waals surface area contributed by atoms with Gasteiger partial charge in [0, 0.05) is 19.5 Å².